The lowest BCUT2D eigenvalue weighted by Crippen LogP contribution is -1.96. The van der Waals surface area contributed by atoms with E-state index < -0.39 is 0 Å². The number of nitrogens with zero attached hydrogens (tertiary/aromatic N) is 1. The van der Waals surface area contributed by atoms with E-state index in [0.717, 1.165) is 10.9 Å². The third kappa shape index (κ3) is 1.65. The van der Waals surface area contributed by atoms with E-state index in [1.54, 1.807) is 23.8 Å². The van der Waals surface area contributed by atoms with Crippen LogP contribution in [-0.4, -0.2) is 4.98 Å². The van der Waals surface area contributed by atoms with Crippen molar-refractivity contribution in [3.8, 4) is 0 Å². The van der Waals surface area contributed by atoms with E-state index in [4.69, 9.17) is 4.42 Å². The molecule has 62 valence electrons. The highest BCUT2D eigenvalue weighted by Gasteiger charge is 1.96. The largest absolute Gasteiger partial charge is 0.467 e. The third-order valence-electron chi connectivity index (χ3n) is 1.43. The molecule has 0 aromatic carbocycles. The second-order valence-corrected chi connectivity index (χ2v) is 3.16. The monoisotopic (exact) mass is 180 g/mol. The molecule has 0 unspecified atom stereocenters. The molecule has 4 heteroatoms. The van der Waals surface area contributed by atoms with Crippen LogP contribution in [0.15, 0.2) is 34.4 Å². The van der Waals surface area contributed by atoms with Crippen molar-refractivity contribution in [1.82, 2.24) is 4.98 Å². The molecular weight excluding hydrogens is 172 g/mol. The fraction of sp³-hybridized carbons (Fsp3) is 0.125. The van der Waals surface area contributed by atoms with Gasteiger partial charge < -0.3 is 9.73 Å². The molecule has 2 rings (SSSR count). The molecule has 3 nitrogen and oxygen atoms in total. The molecule has 2 aromatic heterocycles. The van der Waals surface area contributed by atoms with E-state index in [-0.39, 0.29) is 0 Å². The summed E-state index contributed by atoms with van der Waals surface area (Å²) in [4.78, 5) is 4.08. The van der Waals surface area contributed by atoms with E-state index >= 15 is 0 Å². The summed E-state index contributed by atoms with van der Waals surface area (Å²) in [6, 6.07) is 3.81. The summed E-state index contributed by atoms with van der Waals surface area (Å²) in [5.41, 5.74) is 0. The highest BCUT2D eigenvalue weighted by Crippen LogP contribution is 2.11. The van der Waals surface area contributed by atoms with Crippen molar-refractivity contribution in [3.63, 3.8) is 0 Å². The summed E-state index contributed by atoms with van der Waals surface area (Å²) < 4.78 is 5.15. The minimum absolute atomic E-state index is 0.695. The van der Waals surface area contributed by atoms with Crippen LogP contribution in [0.3, 0.4) is 0 Å². The number of aromatic nitrogens is 1. The highest BCUT2D eigenvalue weighted by atomic mass is 32.1. The van der Waals surface area contributed by atoms with Crippen molar-refractivity contribution in [2.45, 2.75) is 6.54 Å². The standard InChI is InChI=1S/C8H8N2OS/c1-2-7(11-4-1)6-10-8-9-3-5-12-8/h1-5H,6H2,(H,9,10). The number of nitrogens with one attached hydrogen (secondary N) is 1. The Bertz CT molecular complexity index is 280. The second-order valence-electron chi connectivity index (χ2n) is 2.27. The minimum Gasteiger partial charge on any atom is -0.467 e. The molecule has 1 N–H and O–H groups in total. The van der Waals surface area contributed by atoms with Gasteiger partial charge in [0, 0.05) is 11.6 Å². The van der Waals surface area contributed by atoms with Crippen LogP contribution >= 0.6 is 11.3 Å². The van der Waals surface area contributed by atoms with Gasteiger partial charge in [0.1, 0.15) is 5.76 Å². The van der Waals surface area contributed by atoms with Gasteiger partial charge in [0.2, 0.25) is 0 Å². The molecule has 0 saturated carbocycles. The van der Waals surface area contributed by atoms with Gasteiger partial charge in [0.05, 0.1) is 12.8 Å². The van der Waals surface area contributed by atoms with E-state index in [9.17, 15) is 0 Å². The van der Waals surface area contributed by atoms with E-state index in [0.29, 0.717) is 6.54 Å². The molecule has 2 heterocycles. The lowest BCUT2D eigenvalue weighted by Gasteiger charge is -1.97. The fourth-order valence-electron chi connectivity index (χ4n) is 0.887. The molecule has 0 fully saturated rings. The molecule has 0 spiro atoms. The van der Waals surface area contributed by atoms with Crippen LogP contribution in [-0.2, 0) is 6.54 Å². The van der Waals surface area contributed by atoms with E-state index in [2.05, 4.69) is 10.3 Å². The molecule has 0 bridgehead atoms. The lowest BCUT2D eigenvalue weighted by atomic mass is 10.4. The summed E-state index contributed by atoms with van der Waals surface area (Å²) in [7, 11) is 0. The number of thiazole rings is 1. The van der Waals surface area contributed by atoms with Crippen molar-refractivity contribution in [2.75, 3.05) is 5.32 Å². The van der Waals surface area contributed by atoms with Crippen molar-refractivity contribution < 1.29 is 4.42 Å². The van der Waals surface area contributed by atoms with Crippen molar-refractivity contribution >= 4 is 16.5 Å². The maximum absolute atomic E-state index is 5.15. The molecule has 2 aromatic rings. The topological polar surface area (TPSA) is 38.1 Å². The van der Waals surface area contributed by atoms with E-state index in [1.807, 2.05) is 17.5 Å². The van der Waals surface area contributed by atoms with Gasteiger partial charge >= 0.3 is 0 Å². The van der Waals surface area contributed by atoms with Gasteiger partial charge in [-0.1, -0.05) is 0 Å². The Morgan fingerprint density at radius 1 is 1.58 bits per heavy atom. The van der Waals surface area contributed by atoms with Crippen LogP contribution in [0.25, 0.3) is 0 Å². The first-order valence-electron chi connectivity index (χ1n) is 3.61. The van der Waals surface area contributed by atoms with Crippen LogP contribution in [0, 0.1) is 0 Å². The van der Waals surface area contributed by atoms with E-state index in [1.165, 1.54) is 0 Å². The number of rotatable bonds is 3. The van der Waals surface area contributed by atoms with Crippen molar-refractivity contribution in [2.24, 2.45) is 0 Å². The Morgan fingerprint density at radius 3 is 3.25 bits per heavy atom. The van der Waals surface area contributed by atoms with Crippen LogP contribution in [0.1, 0.15) is 5.76 Å². The molecular formula is C8H8N2OS. The maximum Gasteiger partial charge on any atom is 0.182 e. The smallest absolute Gasteiger partial charge is 0.182 e. The molecule has 0 aliphatic heterocycles. The Morgan fingerprint density at radius 2 is 2.58 bits per heavy atom. The molecule has 12 heavy (non-hydrogen) atoms. The first kappa shape index (κ1) is 7.36. The summed E-state index contributed by atoms with van der Waals surface area (Å²) in [5, 5.41) is 6.00. The molecule has 0 saturated heterocycles. The summed E-state index contributed by atoms with van der Waals surface area (Å²) >= 11 is 1.58. The average Bonchev–Trinajstić information content (AvgIpc) is 2.74. The van der Waals surface area contributed by atoms with Crippen LogP contribution in [0.5, 0.6) is 0 Å². The fourth-order valence-corrected chi connectivity index (χ4v) is 1.41. The summed E-state index contributed by atoms with van der Waals surface area (Å²) in [5.74, 6) is 0.921. The minimum atomic E-state index is 0.695. The Balaban J connectivity index is 1.91. The number of furan rings is 1. The quantitative estimate of drug-likeness (QED) is 0.787. The normalized spacial score (nSPS) is 10.0. The van der Waals surface area contributed by atoms with Crippen LogP contribution in [0.4, 0.5) is 5.13 Å². The van der Waals surface area contributed by atoms with Gasteiger partial charge in [-0.25, -0.2) is 4.98 Å². The molecule has 0 aliphatic rings. The number of anilines is 1. The second kappa shape index (κ2) is 3.40. The summed E-state index contributed by atoms with van der Waals surface area (Å²) in [6.45, 7) is 0.695. The van der Waals surface area contributed by atoms with Gasteiger partial charge in [-0.05, 0) is 12.1 Å². The Labute approximate surface area is 74.1 Å². The zero-order valence-electron chi connectivity index (χ0n) is 6.36. The van der Waals surface area contributed by atoms with Gasteiger partial charge in [-0.15, -0.1) is 11.3 Å². The third-order valence-corrected chi connectivity index (χ3v) is 2.16. The molecule has 0 amide bonds. The average molecular weight is 180 g/mol. The zero-order valence-corrected chi connectivity index (χ0v) is 7.17. The lowest BCUT2D eigenvalue weighted by molar-refractivity contribution is 0.518. The predicted octanol–water partition coefficient (Wildman–Crippen LogP) is 2.35. The highest BCUT2D eigenvalue weighted by molar-refractivity contribution is 7.13. The van der Waals surface area contributed by atoms with Crippen LogP contribution in [0.2, 0.25) is 0 Å². The molecule has 0 aliphatic carbocycles. The Kier molecular flexibility index (Phi) is 2.09. The van der Waals surface area contributed by atoms with Gasteiger partial charge in [0.15, 0.2) is 5.13 Å². The van der Waals surface area contributed by atoms with Gasteiger partial charge in [-0.3, -0.25) is 0 Å². The zero-order chi connectivity index (χ0) is 8.23. The molecule has 0 radical (unpaired) electrons. The number of hydrogen-bond acceptors (Lipinski definition) is 4. The maximum atomic E-state index is 5.15. The SMILES string of the molecule is c1coc(CNc2nccs2)c1. The first-order valence-corrected chi connectivity index (χ1v) is 4.49. The van der Waals surface area contributed by atoms with Gasteiger partial charge in [-0.2, -0.15) is 0 Å². The van der Waals surface area contributed by atoms with Crippen molar-refractivity contribution in [3.05, 3.63) is 35.7 Å². The first-order chi connectivity index (χ1) is 5.95. The summed E-state index contributed by atoms with van der Waals surface area (Å²) in [6.07, 6.45) is 3.44. The number of hydrogen-bond donors (Lipinski definition) is 1. The van der Waals surface area contributed by atoms with Crippen molar-refractivity contribution in [1.29, 1.82) is 0 Å². The Hall–Kier alpha value is -1.29. The van der Waals surface area contributed by atoms with Crippen LogP contribution < -0.4 is 5.32 Å². The predicted molar refractivity (Wildman–Crippen MR) is 48.1 cm³/mol. The van der Waals surface area contributed by atoms with Gasteiger partial charge in [0.25, 0.3) is 0 Å². The molecule has 0 atom stereocenters.